The SMILES string of the molecule is COC(=O)C#Cc1ccc2[nH]cc([N+](=O)[O-])c(=O)c2c1. The third kappa shape index (κ3) is 2.49. The number of nitrogens with zero attached hydrogens (tertiary/aromatic N) is 1. The van der Waals surface area contributed by atoms with E-state index in [1.54, 1.807) is 12.1 Å². The zero-order valence-corrected chi connectivity index (χ0v) is 10.3. The summed E-state index contributed by atoms with van der Waals surface area (Å²) in [5.41, 5.74) is -0.417. The predicted molar refractivity (Wildman–Crippen MR) is 70.1 cm³/mol. The maximum Gasteiger partial charge on any atom is 0.384 e. The van der Waals surface area contributed by atoms with Crippen LogP contribution in [-0.4, -0.2) is 23.0 Å². The van der Waals surface area contributed by atoms with Crippen LogP contribution in [0.1, 0.15) is 5.56 Å². The monoisotopic (exact) mass is 272 g/mol. The lowest BCUT2D eigenvalue weighted by molar-refractivity contribution is -0.386. The maximum atomic E-state index is 11.9. The molecule has 0 bridgehead atoms. The second-order valence-electron chi connectivity index (χ2n) is 3.76. The number of nitrogens with one attached hydrogen (secondary N) is 1. The Balaban J connectivity index is 2.60. The molecule has 0 unspecified atom stereocenters. The average Bonchev–Trinajstić information content (AvgIpc) is 2.45. The minimum absolute atomic E-state index is 0.135. The number of hydrogen-bond donors (Lipinski definition) is 1. The van der Waals surface area contributed by atoms with Gasteiger partial charge in [-0.3, -0.25) is 14.9 Å². The van der Waals surface area contributed by atoms with Crippen LogP contribution in [0, 0.1) is 22.0 Å². The zero-order chi connectivity index (χ0) is 14.7. The largest absolute Gasteiger partial charge is 0.459 e. The summed E-state index contributed by atoms with van der Waals surface area (Å²) in [6.45, 7) is 0. The van der Waals surface area contributed by atoms with Gasteiger partial charge < -0.3 is 9.72 Å². The maximum absolute atomic E-state index is 11.9. The number of benzene rings is 1. The number of carbonyl (C=O) groups excluding carboxylic acids is 1. The lowest BCUT2D eigenvalue weighted by Crippen LogP contribution is -2.09. The minimum atomic E-state index is -0.759. The number of nitro groups is 1. The Kier molecular flexibility index (Phi) is 3.48. The first kappa shape index (κ1) is 13.3. The van der Waals surface area contributed by atoms with Gasteiger partial charge in [0.1, 0.15) is 0 Å². The topological polar surface area (TPSA) is 102 Å². The van der Waals surface area contributed by atoms with E-state index in [2.05, 4.69) is 21.6 Å². The number of fused-ring (bicyclic) bond motifs is 1. The van der Waals surface area contributed by atoms with Crippen molar-refractivity contribution < 1.29 is 14.5 Å². The summed E-state index contributed by atoms with van der Waals surface area (Å²) in [6, 6.07) is 4.53. The highest BCUT2D eigenvalue weighted by molar-refractivity contribution is 5.89. The summed E-state index contributed by atoms with van der Waals surface area (Å²) < 4.78 is 4.36. The molecule has 20 heavy (non-hydrogen) atoms. The van der Waals surface area contributed by atoms with Crippen LogP contribution in [0.2, 0.25) is 0 Å². The molecule has 0 atom stereocenters. The van der Waals surface area contributed by atoms with Crippen molar-refractivity contribution in [2.75, 3.05) is 7.11 Å². The van der Waals surface area contributed by atoms with Crippen molar-refractivity contribution in [1.29, 1.82) is 0 Å². The van der Waals surface area contributed by atoms with E-state index in [4.69, 9.17) is 0 Å². The van der Waals surface area contributed by atoms with E-state index in [9.17, 15) is 19.7 Å². The number of H-pyrrole nitrogens is 1. The minimum Gasteiger partial charge on any atom is -0.459 e. The summed E-state index contributed by atoms with van der Waals surface area (Å²) in [5.74, 6) is 4.02. The van der Waals surface area contributed by atoms with Gasteiger partial charge in [-0.2, -0.15) is 0 Å². The molecule has 0 saturated carbocycles. The van der Waals surface area contributed by atoms with E-state index < -0.39 is 22.0 Å². The molecule has 0 aliphatic heterocycles. The summed E-state index contributed by atoms with van der Waals surface area (Å²) in [7, 11) is 1.20. The number of methoxy groups -OCH3 is 1. The Labute approximate surface area is 112 Å². The first-order valence-corrected chi connectivity index (χ1v) is 5.42. The summed E-state index contributed by atoms with van der Waals surface area (Å²) in [4.78, 5) is 35.4. The summed E-state index contributed by atoms with van der Waals surface area (Å²) >= 11 is 0. The second-order valence-corrected chi connectivity index (χ2v) is 3.76. The first-order valence-electron chi connectivity index (χ1n) is 5.42. The third-order valence-corrected chi connectivity index (χ3v) is 2.55. The molecule has 0 aliphatic rings. The van der Waals surface area contributed by atoms with Crippen molar-refractivity contribution in [2.24, 2.45) is 0 Å². The molecule has 0 radical (unpaired) electrons. The molecule has 1 heterocycles. The molecule has 0 aliphatic carbocycles. The van der Waals surface area contributed by atoms with Crippen LogP contribution in [0.5, 0.6) is 0 Å². The molecule has 0 spiro atoms. The number of carbonyl (C=O) groups is 1. The molecule has 0 saturated heterocycles. The quantitative estimate of drug-likeness (QED) is 0.360. The van der Waals surface area contributed by atoms with Gasteiger partial charge in [-0.05, 0) is 18.2 Å². The van der Waals surface area contributed by atoms with Gasteiger partial charge in [-0.15, -0.1) is 0 Å². The molecule has 0 amide bonds. The molecule has 2 rings (SSSR count). The zero-order valence-electron chi connectivity index (χ0n) is 10.3. The van der Waals surface area contributed by atoms with Crippen molar-refractivity contribution >= 4 is 22.6 Å². The van der Waals surface area contributed by atoms with Crippen molar-refractivity contribution in [3.8, 4) is 11.8 Å². The van der Waals surface area contributed by atoms with E-state index in [-0.39, 0.29) is 5.39 Å². The normalized spacial score (nSPS) is 9.65. The van der Waals surface area contributed by atoms with E-state index in [1.165, 1.54) is 13.2 Å². The number of ether oxygens (including phenoxy) is 1. The third-order valence-electron chi connectivity index (χ3n) is 2.55. The van der Waals surface area contributed by atoms with Gasteiger partial charge in [0.15, 0.2) is 0 Å². The number of pyridine rings is 1. The van der Waals surface area contributed by atoms with Crippen LogP contribution in [0.4, 0.5) is 5.69 Å². The number of aromatic nitrogens is 1. The van der Waals surface area contributed by atoms with Crippen LogP contribution in [0.3, 0.4) is 0 Å². The van der Waals surface area contributed by atoms with Crippen LogP contribution in [-0.2, 0) is 9.53 Å². The predicted octanol–water partition coefficient (Wildman–Crippen LogP) is 0.961. The molecule has 2 aromatic rings. The molecule has 7 nitrogen and oxygen atoms in total. The van der Waals surface area contributed by atoms with Gasteiger partial charge in [0, 0.05) is 17.0 Å². The smallest absolute Gasteiger partial charge is 0.384 e. The lowest BCUT2D eigenvalue weighted by atomic mass is 10.1. The van der Waals surface area contributed by atoms with Gasteiger partial charge in [0.2, 0.25) is 0 Å². The molecular formula is C13H8N2O5. The summed E-state index contributed by atoms with van der Waals surface area (Å²) in [6.07, 6.45) is 1.05. The molecule has 100 valence electrons. The molecular weight excluding hydrogens is 264 g/mol. The first-order chi connectivity index (χ1) is 9.52. The second kappa shape index (κ2) is 5.24. The number of hydrogen-bond acceptors (Lipinski definition) is 5. The number of aromatic amines is 1. The Morgan fingerprint density at radius 3 is 2.85 bits per heavy atom. The van der Waals surface area contributed by atoms with Crippen LogP contribution < -0.4 is 5.43 Å². The van der Waals surface area contributed by atoms with Crippen molar-refractivity contribution in [3.05, 3.63) is 50.3 Å². The highest BCUT2D eigenvalue weighted by Gasteiger charge is 2.14. The van der Waals surface area contributed by atoms with E-state index >= 15 is 0 Å². The van der Waals surface area contributed by atoms with Crippen molar-refractivity contribution in [2.45, 2.75) is 0 Å². The van der Waals surface area contributed by atoms with Crippen LogP contribution in [0.25, 0.3) is 10.9 Å². The van der Waals surface area contributed by atoms with Gasteiger partial charge in [0.05, 0.1) is 23.6 Å². The fourth-order valence-electron chi connectivity index (χ4n) is 1.60. The van der Waals surface area contributed by atoms with Gasteiger partial charge in [-0.1, -0.05) is 5.92 Å². The molecule has 1 aromatic heterocycles. The Bertz CT molecular complexity index is 826. The fourth-order valence-corrected chi connectivity index (χ4v) is 1.60. The Morgan fingerprint density at radius 2 is 2.20 bits per heavy atom. The number of esters is 1. The highest BCUT2D eigenvalue weighted by Crippen LogP contribution is 2.13. The average molecular weight is 272 g/mol. The van der Waals surface area contributed by atoms with Crippen molar-refractivity contribution in [1.82, 2.24) is 4.98 Å². The van der Waals surface area contributed by atoms with Crippen LogP contribution in [0.15, 0.2) is 29.2 Å². The Morgan fingerprint density at radius 1 is 1.45 bits per heavy atom. The molecule has 1 aromatic carbocycles. The van der Waals surface area contributed by atoms with Gasteiger partial charge in [-0.25, -0.2) is 4.79 Å². The summed E-state index contributed by atoms with van der Waals surface area (Å²) in [5, 5.41) is 10.8. The molecule has 0 fully saturated rings. The van der Waals surface area contributed by atoms with E-state index in [1.807, 2.05) is 0 Å². The van der Waals surface area contributed by atoms with E-state index in [0.717, 1.165) is 6.20 Å². The van der Waals surface area contributed by atoms with Gasteiger partial charge >= 0.3 is 11.7 Å². The fraction of sp³-hybridized carbons (Fsp3) is 0.0769. The van der Waals surface area contributed by atoms with Gasteiger partial charge in [0.25, 0.3) is 5.43 Å². The Hall–Kier alpha value is -3.14. The lowest BCUT2D eigenvalue weighted by Gasteiger charge is -1.98. The van der Waals surface area contributed by atoms with E-state index in [0.29, 0.717) is 11.1 Å². The molecule has 7 heteroatoms. The molecule has 1 N–H and O–H groups in total. The van der Waals surface area contributed by atoms with Crippen molar-refractivity contribution in [3.63, 3.8) is 0 Å². The highest BCUT2D eigenvalue weighted by atomic mass is 16.6. The van der Waals surface area contributed by atoms with Crippen LogP contribution >= 0.6 is 0 Å². The number of rotatable bonds is 1. The standard InChI is InChI=1S/C13H8N2O5/c1-20-12(16)5-3-8-2-4-10-9(6-8)13(17)11(7-14-10)15(18)19/h2,4,6-7H,1H3,(H,14,17).